The van der Waals surface area contributed by atoms with E-state index in [0.717, 1.165) is 25.7 Å². The minimum absolute atomic E-state index is 0.0828. The van der Waals surface area contributed by atoms with Gasteiger partial charge in [-0.2, -0.15) is 0 Å². The molecule has 1 atom stereocenters. The number of rotatable bonds is 3. The molecule has 0 bridgehead atoms. The molecule has 0 radical (unpaired) electrons. The Balaban J connectivity index is 2.01. The van der Waals surface area contributed by atoms with Crippen molar-refractivity contribution >= 4 is 0 Å². The smallest absolute Gasteiger partial charge is 0.0540 e. The zero-order chi connectivity index (χ0) is 12.3. The third-order valence-corrected chi connectivity index (χ3v) is 5.51. The standard InChI is InChI=1S/C15H28O2/c1-15(11-16,12-5-3-2-4-6-12)13-7-9-14(17)10-8-13/h12-14,16-17H,2-11H2,1H3. The summed E-state index contributed by atoms with van der Waals surface area (Å²) in [6.07, 6.45) is 10.7. The van der Waals surface area contributed by atoms with Gasteiger partial charge in [0, 0.05) is 6.61 Å². The molecule has 2 fully saturated rings. The summed E-state index contributed by atoms with van der Waals surface area (Å²) in [6, 6.07) is 0. The molecule has 0 aliphatic heterocycles. The van der Waals surface area contributed by atoms with E-state index in [-0.39, 0.29) is 11.5 Å². The molecule has 2 rings (SSSR count). The summed E-state index contributed by atoms with van der Waals surface area (Å²) in [5.74, 6) is 1.33. The fraction of sp³-hybridized carbons (Fsp3) is 1.00. The summed E-state index contributed by atoms with van der Waals surface area (Å²) >= 11 is 0. The van der Waals surface area contributed by atoms with Gasteiger partial charge in [-0.3, -0.25) is 0 Å². The lowest BCUT2D eigenvalue weighted by Gasteiger charge is -2.46. The quantitative estimate of drug-likeness (QED) is 0.795. The molecule has 0 aromatic rings. The van der Waals surface area contributed by atoms with Crippen LogP contribution in [-0.2, 0) is 0 Å². The second-order valence-corrected chi connectivity index (χ2v) is 6.50. The first-order valence-electron chi connectivity index (χ1n) is 7.45. The monoisotopic (exact) mass is 240 g/mol. The van der Waals surface area contributed by atoms with E-state index >= 15 is 0 Å². The minimum Gasteiger partial charge on any atom is -0.396 e. The lowest BCUT2D eigenvalue weighted by Crippen LogP contribution is -2.42. The largest absolute Gasteiger partial charge is 0.396 e. The Hall–Kier alpha value is -0.0800. The van der Waals surface area contributed by atoms with E-state index in [1.807, 2.05) is 0 Å². The predicted molar refractivity (Wildman–Crippen MR) is 69.7 cm³/mol. The molecule has 0 spiro atoms. The predicted octanol–water partition coefficient (Wildman–Crippen LogP) is 3.12. The van der Waals surface area contributed by atoms with Gasteiger partial charge >= 0.3 is 0 Å². The van der Waals surface area contributed by atoms with E-state index < -0.39 is 0 Å². The summed E-state index contributed by atoms with van der Waals surface area (Å²) in [7, 11) is 0. The molecule has 0 aromatic carbocycles. The minimum atomic E-state index is -0.0828. The Bertz CT molecular complexity index is 227. The van der Waals surface area contributed by atoms with Gasteiger partial charge in [-0.15, -0.1) is 0 Å². The highest BCUT2D eigenvalue weighted by molar-refractivity contribution is 4.92. The molecule has 2 nitrogen and oxygen atoms in total. The highest BCUT2D eigenvalue weighted by atomic mass is 16.3. The molecule has 2 heteroatoms. The maximum absolute atomic E-state index is 9.89. The van der Waals surface area contributed by atoms with Crippen LogP contribution in [0.3, 0.4) is 0 Å². The SMILES string of the molecule is CC(CO)(C1CCCCC1)C1CCC(O)CC1. The van der Waals surface area contributed by atoms with Gasteiger partial charge in [-0.25, -0.2) is 0 Å². The van der Waals surface area contributed by atoms with Gasteiger partial charge in [0.05, 0.1) is 6.10 Å². The van der Waals surface area contributed by atoms with E-state index in [0.29, 0.717) is 18.4 Å². The maximum atomic E-state index is 9.89. The fourth-order valence-electron chi connectivity index (χ4n) is 4.09. The summed E-state index contributed by atoms with van der Waals surface area (Å²) in [4.78, 5) is 0. The Kier molecular flexibility index (Phi) is 4.48. The zero-order valence-corrected chi connectivity index (χ0v) is 11.2. The van der Waals surface area contributed by atoms with Crippen LogP contribution in [0.4, 0.5) is 0 Å². The van der Waals surface area contributed by atoms with Gasteiger partial charge in [0.25, 0.3) is 0 Å². The molecule has 17 heavy (non-hydrogen) atoms. The summed E-state index contributed by atoms with van der Waals surface area (Å²) in [5, 5.41) is 19.5. The normalized spacial score (nSPS) is 35.5. The first-order chi connectivity index (χ1) is 8.16. The molecule has 0 saturated heterocycles. The van der Waals surface area contributed by atoms with Crippen LogP contribution in [0.1, 0.15) is 64.7 Å². The third kappa shape index (κ3) is 2.85. The molecular formula is C15H28O2. The second-order valence-electron chi connectivity index (χ2n) is 6.50. The number of aliphatic hydroxyl groups excluding tert-OH is 2. The molecule has 0 heterocycles. The Morgan fingerprint density at radius 3 is 1.94 bits per heavy atom. The number of hydrogen-bond donors (Lipinski definition) is 2. The van der Waals surface area contributed by atoms with Crippen molar-refractivity contribution in [2.45, 2.75) is 70.8 Å². The van der Waals surface area contributed by atoms with Gasteiger partial charge in [0.2, 0.25) is 0 Å². The molecule has 0 amide bonds. The van der Waals surface area contributed by atoms with Crippen LogP contribution in [0, 0.1) is 17.3 Å². The third-order valence-electron chi connectivity index (χ3n) is 5.51. The summed E-state index contributed by atoms with van der Waals surface area (Å²) < 4.78 is 0. The van der Waals surface area contributed by atoms with Crippen molar-refractivity contribution in [3.8, 4) is 0 Å². The van der Waals surface area contributed by atoms with Crippen LogP contribution in [0.2, 0.25) is 0 Å². The summed E-state index contributed by atoms with van der Waals surface area (Å²) in [6.45, 7) is 2.63. The lowest BCUT2D eigenvalue weighted by atomic mass is 9.60. The van der Waals surface area contributed by atoms with Gasteiger partial charge < -0.3 is 10.2 Å². The van der Waals surface area contributed by atoms with E-state index in [2.05, 4.69) is 6.92 Å². The van der Waals surface area contributed by atoms with Crippen molar-refractivity contribution in [3.05, 3.63) is 0 Å². The van der Waals surface area contributed by atoms with Crippen LogP contribution in [0.15, 0.2) is 0 Å². The van der Waals surface area contributed by atoms with Crippen molar-refractivity contribution in [2.24, 2.45) is 17.3 Å². The van der Waals surface area contributed by atoms with Crippen molar-refractivity contribution in [1.29, 1.82) is 0 Å². The van der Waals surface area contributed by atoms with E-state index in [4.69, 9.17) is 0 Å². The Morgan fingerprint density at radius 1 is 0.882 bits per heavy atom. The highest BCUT2D eigenvalue weighted by Gasteiger charge is 2.42. The van der Waals surface area contributed by atoms with E-state index in [1.165, 1.54) is 32.1 Å². The van der Waals surface area contributed by atoms with Crippen LogP contribution < -0.4 is 0 Å². The molecular weight excluding hydrogens is 212 g/mol. The van der Waals surface area contributed by atoms with E-state index in [1.54, 1.807) is 0 Å². The molecule has 1 unspecified atom stereocenters. The van der Waals surface area contributed by atoms with Crippen LogP contribution in [0.25, 0.3) is 0 Å². The molecule has 2 saturated carbocycles. The van der Waals surface area contributed by atoms with Gasteiger partial charge in [0.15, 0.2) is 0 Å². The van der Waals surface area contributed by atoms with Crippen LogP contribution in [-0.4, -0.2) is 22.9 Å². The first-order valence-corrected chi connectivity index (χ1v) is 7.45. The topological polar surface area (TPSA) is 40.5 Å². The first kappa shape index (κ1) is 13.4. The average molecular weight is 240 g/mol. The number of aliphatic hydroxyl groups is 2. The lowest BCUT2D eigenvalue weighted by molar-refractivity contribution is -0.0295. The Labute approximate surface area is 105 Å². The average Bonchev–Trinajstić information content (AvgIpc) is 2.40. The number of hydrogen-bond acceptors (Lipinski definition) is 2. The van der Waals surface area contributed by atoms with Crippen molar-refractivity contribution in [1.82, 2.24) is 0 Å². The van der Waals surface area contributed by atoms with E-state index in [9.17, 15) is 10.2 Å². The highest BCUT2D eigenvalue weighted by Crippen LogP contribution is 2.48. The molecule has 0 aromatic heterocycles. The van der Waals surface area contributed by atoms with Crippen molar-refractivity contribution in [3.63, 3.8) is 0 Å². The molecule has 100 valence electrons. The maximum Gasteiger partial charge on any atom is 0.0540 e. The Morgan fingerprint density at radius 2 is 1.41 bits per heavy atom. The fourth-order valence-corrected chi connectivity index (χ4v) is 4.09. The molecule has 2 aliphatic rings. The zero-order valence-electron chi connectivity index (χ0n) is 11.2. The second kappa shape index (κ2) is 5.71. The molecule has 2 N–H and O–H groups in total. The van der Waals surface area contributed by atoms with Gasteiger partial charge in [-0.1, -0.05) is 26.2 Å². The van der Waals surface area contributed by atoms with Crippen molar-refractivity contribution < 1.29 is 10.2 Å². The van der Waals surface area contributed by atoms with Crippen LogP contribution in [0.5, 0.6) is 0 Å². The summed E-state index contributed by atoms with van der Waals surface area (Å²) in [5.41, 5.74) is 0.112. The van der Waals surface area contributed by atoms with Crippen molar-refractivity contribution in [2.75, 3.05) is 6.61 Å². The molecule has 2 aliphatic carbocycles. The van der Waals surface area contributed by atoms with Crippen LogP contribution >= 0.6 is 0 Å². The van der Waals surface area contributed by atoms with Gasteiger partial charge in [-0.05, 0) is 55.8 Å². The van der Waals surface area contributed by atoms with Gasteiger partial charge in [0.1, 0.15) is 0 Å².